The number of carbonyl (C=O) groups excluding carboxylic acids is 1. The van der Waals surface area contributed by atoms with E-state index in [2.05, 4.69) is 17.9 Å². The van der Waals surface area contributed by atoms with Crippen LogP contribution >= 0.6 is 12.6 Å². The Bertz CT molecular complexity index is 184. The molecule has 0 aliphatic carbocycles. The molecule has 13 heavy (non-hydrogen) atoms. The first-order valence-corrected chi connectivity index (χ1v) is 4.85. The molecule has 0 radical (unpaired) electrons. The highest BCUT2D eigenvalue weighted by Crippen LogP contribution is 2.05. The van der Waals surface area contributed by atoms with Crippen LogP contribution in [0.15, 0.2) is 0 Å². The summed E-state index contributed by atoms with van der Waals surface area (Å²) < 4.78 is 0. The SMILES string of the molecule is CCCNC(=O)CC(CS)C(=O)O. The maximum atomic E-state index is 11.1. The number of aliphatic carboxylic acids is 1. The summed E-state index contributed by atoms with van der Waals surface area (Å²) in [6.45, 7) is 2.53. The van der Waals surface area contributed by atoms with Gasteiger partial charge in [-0.15, -0.1) is 0 Å². The van der Waals surface area contributed by atoms with Crippen molar-refractivity contribution in [1.82, 2.24) is 5.32 Å². The summed E-state index contributed by atoms with van der Waals surface area (Å²) in [6, 6.07) is 0. The Labute approximate surface area is 83.1 Å². The quantitative estimate of drug-likeness (QED) is 0.554. The predicted octanol–water partition coefficient (Wildman–Crippen LogP) is 0.533. The minimum Gasteiger partial charge on any atom is -0.481 e. The summed E-state index contributed by atoms with van der Waals surface area (Å²) in [5.41, 5.74) is 0. The van der Waals surface area contributed by atoms with Crippen molar-refractivity contribution in [3.05, 3.63) is 0 Å². The van der Waals surface area contributed by atoms with Gasteiger partial charge in [-0.05, 0) is 6.42 Å². The molecule has 0 aromatic carbocycles. The van der Waals surface area contributed by atoms with E-state index in [1.807, 2.05) is 6.92 Å². The van der Waals surface area contributed by atoms with E-state index in [0.717, 1.165) is 6.42 Å². The molecule has 0 aromatic heterocycles. The number of thiol groups is 1. The molecule has 2 N–H and O–H groups in total. The van der Waals surface area contributed by atoms with Gasteiger partial charge >= 0.3 is 5.97 Å². The van der Waals surface area contributed by atoms with E-state index in [1.54, 1.807) is 0 Å². The van der Waals surface area contributed by atoms with Crippen molar-refractivity contribution in [2.45, 2.75) is 19.8 Å². The first-order chi connectivity index (χ1) is 6.11. The largest absolute Gasteiger partial charge is 0.481 e. The Morgan fingerprint density at radius 3 is 2.54 bits per heavy atom. The molecular weight excluding hydrogens is 190 g/mol. The third kappa shape index (κ3) is 5.52. The fraction of sp³-hybridized carbons (Fsp3) is 0.750. The van der Waals surface area contributed by atoms with E-state index in [9.17, 15) is 9.59 Å². The number of carbonyl (C=O) groups is 2. The van der Waals surface area contributed by atoms with E-state index in [-0.39, 0.29) is 18.1 Å². The number of rotatable bonds is 6. The van der Waals surface area contributed by atoms with Crippen LogP contribution in [-0.4, -0.2) is 29.3 Å². The van der Waals surface area contributed by atoms with E-state index in [4.69, 9.17) is 5.11 Å². The Morgan fingerprint density at radius 1 is 1.54 bits per heavy atom. The normalized spacial score (nSPS) is 12.2. The van der Waals surface area contributed by atoms with Gasteiger partial charge in [0.15, 0.2) is 0 Å². The van der Waals surface area contributed by atoms with Crippen LogP contribution in [0.25, 0.3) is 0 Å². The van der Waals surface area contributed by atoms with Gasteiger partial charge < -0.3 is 10.4 Å². The average Bonchev–Trinajstić information content (AvgIpc) is 2.10. The molecule has 4 nitrogen and oxygen atoms in total. The highest BCUT2D eigenvalue weighted by atomic mass is 32.1. The molecule has 0 saturated carbocycles. The van der Waals surface area contributed by atoms with Crippen LogP contribution in [0.1, 0.15) is 19.8 Å². The van der Waals surface area contributed by atoms with Crippen LogP contribution in [0.3, 0.4) is 0 Å². The highest BCUT2D eigenvalue weighted by Gasteiger charge is 2.18. The Kier molecular flexibility index (Phi) is 6.40. The fourth-order valence-corrected chi connectivity index (χ4v) is 1.08. The molecule has 0 rings (SSSR count). The molecule has 0 bridgehead atoms. The molecule has 0 heterocycles. The van der Waals surface area contributed by atoms with Crippen molar-refractivity contribution in [2.75, 3.05) is 12.3 Å². The predicted molar refractivity (Wildman–Crippen MR) is 52.9 cm³/mol. The van der Waals surface area contributed by atoms with Gasteiger partial charge in [-0.25, -0.2) is 0 Å². The van der Waals surface area contributed by atoms with Gasteiger partial charge in [-0.1, -0.05) is 6.92 Å². The van der Waals surface area contributed by atoms with E-state index < -0.39 is 11.9 Å². The van der Waals surface area contributed by atoms with Crippen molar-refractivity contribution < 1.29 is 14.7 Å². The van der Waals surface area contributed by atoms with Crippen molar-refractivity contribution in [3.63, 3.8) is 0 Å². The lowest BCUT2D eigenvalue weighted by Gasteiger charge is -2.08. The van der Waals surface area contributed by atoms with Crippen molar-refractivity contribution >= 4 is 24.5 Å². The van der Waals surface area contributed by atoms with Crippen LogP contribution in [0.4, 0.5) is 0 Å². The van der Waals surface area contributed by atoms with Gasteiger partial charge in [-0.2, -0.15) is 12.6 Å². The summed E-state index contributed by atoms with van der Waals surface area (Å²) in [4.78, 5) is 21.6. The zero-order chi connectivity index (χ0) is 10.3. The summed E-state index contributed by atoms with van der Waals surface area (Å²) in [5.74, 6) is -1.68. The molecule has 0 aromatic rings. The number of amides is 1. The van der Waals surface area contributed by atoms with Crippen LogP contribution in [0.2, 0.25) is 0 Å². The molecular formula is C8H15NO3S. The molecule has 1 unspecified atom stereocenters. The highest BCUT2D eigenvalue weighted by molar-refractivity contribution is 7.80. The number of hydrogen-bond acceptors (Lipinski definition) is 3. The molecule has 0 aliphatic rings. The van der Waals surface area contributed by atoms with E-state index in [0.29, 0.717) is 6.54 Å². The molecule has 76 valence electrons. The summed E-state index contributed by atoms with van der Waals surface area (Å²) >= 11 is 3.86. The van der Waals surface area contributed by atoms with E-state index >= 15 is 0 Å². The summed E-state index contributed by atoms with van der Waals surface area (Å²) in [5, 5.41) is 11.2. The monoisotopic (exact) mass is 205 g/mol. The molecule has 1 atom stereocenters. The topological polar surface area (TPSA) is 66.4 Å². The van der Waals surface area contributed by atoms with Gasteiger partial charge in [0.2, 0.25) is 5.91 Å². The van der Waals surface area contributed by atoms with Crippen LogP contribution in [0.5, 0.6) is 0 Å². The lowest BCUT2D eigenvalue weighted by atomic mass is 10.1. The average molecular weight is 205 g/mol. The summed E-state index contributed by atoms with van der Waals surface area (Å²) in [7, 11) is 0. The number of carboxylic acid groups (broad SMARTS) is 1. The van der Waals surface area contributed by atoms with Crippen molar-refractivity contribution in [1.29, 1.82) is 0 Å². The van der Waals surface area contributed by atoms with E-state index in [1.165, 1.54) is 0 Å². The van der Waals surface area contributed by atoms with Crippen molar-refractivity contribution in [3.8, 4) is 0 Å². The molecule has 1 amide bonds. The van der Waals surface area contributed by atoms with Gasteiger partial charge in [0.05, 0.1) is 5.92 Å². The third-order valence-electron chi connectivity index (χ3n) is 1.57. The molecule has 5 heteroatoms. The Hall–Kier alpha value is -0.710. The smallest absolute Gasteiger partial charge is 0.307 e. The third-order valence-corrected chi connectivity index (χ3v) is 2.01. The minimum atomic E-state index is -0.971. The molecule has 0 aliphatic heterocycles. The number of hydrogen-bond donors (Lipinski definition) is 3. The second-order valence-corrected chi connectivity index (χ2v) is 3.14. The van der Waals surface area contributed by atoms with Gasteiger partial charge in [-0.3, -0.25) is 9.59 Å². The lowest BCUT2D eigenvalue weighted by molar-refractivity contribution is -0.143. The first-order valence-electron chi connectivity index (χ1n) is 4.22. The maximum Gasteiger partial charge on any atom is 0.307 e. The van der Waals surface area contributed by atoms with Crippen molar-refractivity contribution in [2.24, 2.45) is 5.92 Å². The number of nitrogens with one attached hydrogen (secondary N) is 1. The van der Waals surface area contributed by atoms with Gasteiger partial charge in [0, 0.05) is 18.7 Å². The Morgan fingerprint density at radius 2 is 2.15 bits per heavy atom. The first kappa shape index (κ1) is 12.3. The molecule has 0 spiro atoms. The molecule has 0 fully saturated rings. The number of carboxylic acids is 1. The van der Waals surface area contributed by atoms with Crippen LogP contribution in [0, 0.1) is 5.92 Å². The zero-order valence-corrected chi connectivity index (χ0v) is 8.51. The zero-order valence-electron chi connectivity index (χ0n) is 7.62. The van der Waals surface area contributed by atoms with Crippen LogP contribution < -0.4 is 5.32 Å². The van der Waals surface area contributed by atoms with Gasteiger partial charge in [0.25, 0.3) is 0 Å². The standard InChI is InChI=1S/C8H15NO3S/c1-2-3-9-7(10)4-6(5-13)8(11)12/h6,13H,2-5H2,1H3,(H,9,10)(H,11,12). The minimum absolute atomic E-state index is 0.0127. The fourth-order valence-electron chi connectivity index (χ4n) is 0.790. The second kappa shape index (κ2) is 6.77. The second-order valence-electron chi connectivity index (χ2n) is 2.77. The molecule has 0 saturated heterocycles. The lowest BCUT2D eigenvalue weighted by Crippen LogP contribution is -2.29. The summed E-state index contributed by atoms with van der Waals surface area (Å²) in [6.07, 6.45) is 0.864. The van der Waals surface area contributed by atoms with Crippen LogP contribution in [-0.2, 0) is 9.59 Å². The maximum absolute atomic E-state index is 11.1. The Balaban J connectivity index is 3.80. The van der Waals surface area contributed by atoms with Gasteiger partial charge in [0.1, 0.15) is 0 Å².